The van der Waals surface area contributed by atoms with Crippen LogP contribution in [0.4, 0.5) is 0 Å². The molecule has 9 heteroatoms. The molecule has 0 N–H and O–H groups in total. The molecule has 0 unspecified atom stereocenters. The van der Waals surface area contributed by atoms with E-state index < -0.39 is 33.3 Å². The summed E-state index contributed by atoms with van der Waals surface area (Å²) >= 11 is 31.1. The number of hydrogen-bond donors (Lipinski definition) is 0. The molecule has 3 rings (SSSR count). The first-order valence-electron chi connectivity index (χ1n) is 8.89. The fraction of sp³-hybridized carbons (Fsp3) is 0.0909. The standard InChI is InChI=1S/3C6H5.2C2Cl3O.Bi/c3*1-2-4-6-5-3-1;2*3-2(4,5)1-6;/h3*1-5H;;;. The van der Waals surface area contributed by atoms with Crippen molar-refractivity contribution in [1.82, 2.24) is 0 Å². The summed E-state index contributed by atoms with van der Waals surface area (Å²) in [6.07, 6.45) is 0. The van der Waals surface area contributed by atoms with E-state index in [1.165, 1.54) is 0 Å². The van der Waals surface area contributed by atoms with Gasteiger partial charge in [-0.2, -0.15) is 0 Å². The third kappa shape index (κ3) is 3.95. The van der Waals surface area contributed by atoms with Gasteiger partial charge in [0.25, 0.3) is 0 Å². The van der Waals surface area contributed by atoms with Crippen LogP contribution in [0.5, 0.6) is 0 Å². The van der Waals surface area contributed by atoms with Crippen molar-refractivity contribution in [3.63, 3.8) is 0 Å². The van der Waals surface area contributed by atoms with Gasteiger partial charge < -0.3 is 0 Å². The predicted octanol–water partition coefficient (Wildman–Crippen LogP) is 5.07. The molecule has 3 aromatic rings. The van der Waals surface area contributed by atoms with Gasteiger partial charge in [0.05, 0.1) is 0 Å². The van der Waals surface area contributed by atoms with Gasteiger partial charge >= 0.3 is 213 Å². The Bertz CT molecular complexity index is 964. The van der Waals surface area contributed by atoms with Crippen LogP contribution in [0.2, 0.25) is 0 Å². The van der Waals surface area contributed by atoms with Gasteiger partial charge in [0.2, 0.25) is 0 Å². The molecule has 0 atom stereocenters. The van der Waals surface area contributed by atoms with Crippen LogP contribution in [0.3, 0.4) is 0 Å². The molecule has 31 heavy (non-hydrogen) atoms. The van der Waals surface area contributed by atoms with Crippen molar-refractivity contribution >= 4 is 105 Å². The summed E-state index contributed by atoms with van der Waals surface area (Å²) in [7, 11) is 0. The van der Waals surface area contributed by atoms with Crippen LogP contribution >= 0.6 is 69.6 Å². The third-order valence-corrected chi connectivity index (χ3v) is 33.8. The minimum atomic E-state index is -6.47. The van der Waals surface area contributed by atoms with Gasteiger partial charge in [0, 0.05) is 0 Å². The molecule has 0 saturated carbocycles. The molecule has 0 aliphatic rings. The Balaban J connectivity index is 2.77. The quantitative estimate of drug-likeness (QED) is 0.272. The van der Waals surface area contributed by atoms with Crippen LogP contribution in [0.15, 0.2) is 91.0 Å². The molecule has 162 valence electrons. The van der Waals surface area contributed by atoms with Crippen LogP contribution in [0.1, 0.15) is 0 Å². The number of hydrogen-bond acceptors (Lipinski definition) is 2. The van der Waals surface area contributed by atoms with E-state index in [0.29, 0.717) is 9.81 Å². The average molecular weight is 733 g/mol. The van der Waals surface area contributed by atoms with Crippen molar-refractivity contribution in [2.45, 2.75) is 7.59 Å². The molecular weight excluding hydrogens is 718 g/mol. The summed E-state index contributed by atoms with van der Waals surface area (Å²) in [5.41, 5.74) is 0. The first-order valence-corrected chi connectivity index (χ1v) is 19.9. The Labute approximate surface area is 211 Å². The molecule has 0 bridgehead atoms. The van der Waals surface area contributed by atoms with Crippen LogP contribution in [-0.4, -0.2) is 33.3 Å². The molecule has 0 aliphatic carbocycles. The second kappa shape index (κ2) is 9.11. The molecule has 0 spiro atoms. The van der Waals surface area contributed by atoms with E-state index >= 15 is 0 Å². The first kappa shape index (κ1) is 25.2. The predicted molar refractivity (Wildman–Crippen MR) is 135 cm³/mol. The van der Waals surface area contributed by atoms with Crippen LogP contribution in [-0.2, 0) is 9.59 Å². The van der Waals surface area contributed by atoms with Gasteiger partial charge in [-0.3, -0.25) is 0 Å². The number of carbonyl (C=O) groups is 2. The Morgan fingerprint density at radius 1 is 0.484 bits per heavy atom. The van der Waals surface area contributed by atoms with Crippen LogP contribution < -0.4 is 9.81 Å². The fourth-order valence-electron chi connectivity index (χ4n) is 3.93. The number of carbonyl (C=O) groups excluding carboxylic acids is 2. The summed E-state index contributed by atoms with van der Waals surface area (Å²) in [5.74, 6) is 0. The van der Waals surface area contributed by atoms with E-state index in [-0.39, 0.29) is 0 Å². The topological polar surface area (TPSA) is 34.1 Å². The summed E-state index contributed by atoms with van der Waals surface area (Å²) in [5, 5.41) is 0. The van der Waals surface area contributed by atoms with Gasteiger partial charge in [0.1, 0.15) is 0 Å². The zero-order valence-corrected chi connectivity index (χ0v) is 23.7. The number of halogens is 6. The van der Waals surface area contributed by atoms with Crippen LogP contribution in [0, 0.1) is 0 Å². The van der Waals surface area contributed by atoms with E-state index in [2.05, 4.69) is 0 Å². The van der Waals surface area contributed by atoms with E-state index in [0.717, 1.165) is 0 Å². The Morgan fingerprint density at radius 3 is 0.903 bits per heavy atom. The van der Waals surface area contributed by atoms with Gasteiger partial charge in [0.15, 0.2) is 0 Å². The molecule has 0 aromatic heterocycles. The summed E-state index contributed by atoms with van der Waals surface area (Å²) < 4.78 is -5.50. The SMILES string of the molecule is O=[C](C(Cl)(Cl)Cl)[Bi]([C](=O)C(Cl)(Cl)Cl)([c]1ccccc1)([c]1ccccc1)[c]1ccccc1. The van der Waals surface area contributed by atoms with E-state index in [9.17, 15) is 9.59 Å². The van der Waals surface area contributed by atoms with Gasteiger partial charge in [-0.1, -0.05) is 0 Å². The zero-order valence-electron chi connectivity index (χ0n) is 15.7. The molecule has 0 saturated heterocycles. The molecule has 3 aromatic carbocycles. The monoisotopic (exact) mass is 730 g/mol. The number of alkyl halides is 6. The number of rotatable bonds is 5. The van der Waals surface area contributed by atoms with Crippen molar-refractivity contribution in [2.75, 3.05) is 0 Å². The van der Waals surface area contributed by atoms with Gasteiger partial charge in [-0.15, -0.1) is 0 Å². The molecule has 0 radical (unpaired) electrons. The van der Waals surface area contributed by atoms with Crippen molar-refractivity contribution < 1.29 is 9.59 Å². The maximum absolute atomic E-state index is 14.4. The second-order valence-corrected chi connectivity index (χ2v) is 29.2. The Kier molecular flexibility index (Phi) is 7.42. The molecular formula is C22H15BiCl6O2. The fourth-order valence-corrected chi connectivity index (χ4v) is 35.4. The minimum absolute atomic E-state index is 0.388. The second-order valence-electron chi connectivity index (χ2n) is 6.73. The van der Waals surface area contributed by atoms with Crippen molar-refractivity contribution in [3.05, 3.63) is 91.0 Å². The number of benzene rings is 3. The average Bonchev–Trinajstić information content (AvgIpc) is 2.75. The normalized spacial score (nSPS) is 13.8. The van der Waals surface area contributed by atoms with Crippen LogP contribution in [0.25, 0.3) is 0 Å². The molecule has 0 heterocycles. The summed E-state index contributed by atoms with van der Waals surface area (Å²) in [4.78, 5) is 28.8. The van der Waals surface area contributed by atoms with Crippen molar-refractivity contribution in [1.29, 1.82) is 0 Å². The molecule has 0 fully saturated rings. The first-order chi connectivity index (χ1) is 14.5. The van der Waals surface area contributed by atoms with Gasteiger partial charge in [-0.25, -0.2) is 0 Å². The van der Waals surface area contributed by atoms with Gasteiger partial charge in [-0.05, 0) is 0 Å². The third-order valence-electron chi connectivity index (χ3n) is 5.12. The molecule has 2 nitrogen and oxygen atoms in total. The van der Waals surface area contributed by atoms with Crippen molar-refractivity contribution in [3.8, 4) is 0 Å². The van der Waals surface area contributed by atoms with Crippen molar-refractivity contribution in [2.24, 2.45) is 0 Å². The van der Waals surface area contributed by atoms with E-state index in [1.807, 2.05) is 0 Å². The van der Waals surface area contributed by atoms with E-state index in [1.54, 1.807) is 91.0 Å². The van der Waals surface area contributed by atoms with E-state index in [4.69, 9.17) is 69.6 Å². The molecule has 0 amide bonds. The Morgan fingerprint density at radius 2 is 0.710 bits per heavy atom. The maximum atomic E-state index is 14.4. The summed E-state index contributed by atoms with van der Waals surface area (Å²) in [6.45, 7) is 0. The zero-order chi connectivity index (χ0) is 22.9. The summed E-state index contributed by atoms with van der Waals surface area (Å²) in [6, 6.07) is 25.4. The Hall–Kier alpha value is -0.377. The molecule has 0 aliphatic heterocycles.